The van der Waals surface area contributed by atoms with E-state index in [4.69, 9.17) is 17.3 Å². The fourth-order valence-electron chi connectivity index (χ4n) is 0.981. The van der Waals surface area contributed by atoms with Gasteiger partial charge in [-0.15, -0.1) is 12.4 Å². The molecule has 0 aromatic heterocycles. The Labute approximate surface area is 93.6 Å². The minimum absolute atomic E-state index is 0. The molecule has 0 heterocycles. The van der Waals surface area contributed by atoms with Gasteiger partial charge in [0.1, 0.15) is 6.04 Å². The van der Waals surface area contributed by atoms with Crippen LogP contribution in [0, 0.1) is 0 Å². The Morgan fingerprint density at radius 1 is 1.50 bits per heavy atom. The lowest BCUT2D eigenvalue weighted by molar-refractivity contribution is -0.142. The van der Waals surface area contributed by atoms with Crippen LogP contribution in [0.3, 0.4) is 0 Å². The van der Waals surface area contributed by atoms with Gasteiger partial charge in [0.25, 0.3) is 0 Å². The molecule has 14 heavy (non-hydrogen) atoms. The van der Waals surface area contributed by atoms with E-state index in [0.29, 0.717) is 10.6 Å². The molecule has 1 aromatic carbocycles. The van der Waals surface area contributed by atoms with Gasteiger partial charge in [-0.05, 0) is 11.6 Å². The molecule has 0 unspecified atom stereocenters. The van der Waals surface area contributed by atoms with E-state index >= 15 is 0 Å². The molecule has 0 aliphatic heterocycles. The molecule has 3 nitrogen and oxygen atoms in total. The van der Waals surface area contributed by atoms with Crippen LogP contribution in [0.2, 0.25) is 5.02 Å². The molecule has 0 spiro atoms. The second-order valence-corrected chi connectivity index (χ2v) is 2.93. The predicted octanol–water partition coefficient (Wildman–Crippen LogP) is 1.93. The number of esters is 1. The van der Waals surface area contributed by atoms with E-state index in [1.807, 2.05) is 0 Å². The van der Waals surface area contributed by atoms with Crippen LogP contribution < -0.4 is 5.73 Å². The topological polar surface area (TPSA) is 52.3 Å². The summed E-state index contributed by atoms with van der Waals surface area (Å²) in [4.78, 5) is 11.1. The maximum Gasteiger partial charge on any atom is 0.327 e. The molecule has 0 bridgehead atoms. The second kappa shape index (κ2) is 5.86. The van der Waals surface area contributed by atoms with Gasteiger partial charge >= 0.3 is 5.97 Å². The van der Waals surface area contributed by atoms with Gasteiger partial charge in [0, 0.05) is 5.02 Å². The van der Waals surface area contributed by atoms with Crippen molar-refractivity contribution in [1.82, 2.24) is 0 Å². The first-order chi connectivity index (χ1) is 6.16. The zero-order valence-corrected chi connectivity index (χ0v) is 9.14. The number of ether oxygens (including phenoxy) is 1. The van der Waals surface area contributed by atoms with Crippen LogP contribution in [-0.2, 0) is 9.53 Å². The Kier molecular flexibility index (Phi) is 5.53. The summed E-state index contributed by atoms with van der Waals surface area (Å²) in [6, 6.07) is 6.11. The van der Waals surface area contributed by atoms with Gasteiger partial charge in [-0.3, -0.25) is 4.79 Å². The van der Waals surface area contributed by atoms with Crippen molar-refractivity contribution < 1.29 is 9.53 Å². The second-order valence-electron chi connectivity index (χ2n) is 2.52. The third kappa shape index (κ3) is 2.87. The summed E-state index contributed by atoms with van der Waals surface area (Å²) in [6.45, 7) is 0. The van der Waals surface area contributed by atoms with Crippen molar-refractivity contribution in [2.45, 2.75) is 6.04 Å². The zero-order valence-electron chi connectivity index (χ0n) is 7.57. The highest BCUT2D eigenvalue weighted by atomic mass is 35.5. The maximum absolute atomic E-state index is 11.1. The van der Waals surface area contributed by atoms with Gasteiger partial charge in [-0.25, -0.2) is 0 Å². The van der Waals surface area contributed by atoms with Gasteiger partial charge in [0.15, 0.2) is 0 Å². The van der Waals surface area contributed by atoms with Crippen LogP contribution in [0.1, 0.15) is 11.6 Å². The van der Waals surface area contributed by atoms with Crippen LogP contribution in [0.25, 0.3) is 0 Å². The average molecular weight is 236 g/mol. The van der Waals surface area contributed by atoms with Gasteiger partial charge in [0.05, 0.1) is 7.11 Å². The SMILES string of the molecule is COC(=O)[C@H](N)c1ccccc1Cl.Cl. The molecular weight excluding hydrogens is 225 g/mol. The molecule has 5 heteroatoms. The monoisotopic (exact) mass is 235 g/mol. The van der Waals surface area contributed by atoms with Gasteiger partial charge < -0.3 is 10.5 Å². The van der Waals surface area contributed by atoms with Crippen molar-refractivity contribution in [1.29, 1.82) is 0 Å². The summed E-state index contributed by atoms with van der Waals surface area (Å²) in [5, 5.41) is 0.473. The number of benzene rings is 1. The molecule has 0 fully saturated rings. The molecule has 0 amide bonds. The Morgan fingerprint density at radius 2 is 2.07 bits per heavy atom. The van der Waals surface area contributed by atoms with Gasteiger partial charge in [0.2, 0.25) is 0 Å². The summed E-state index contributed by atoms with van der Waals surface area (Å²) in [7, 11) is 1.29. The van der Waals surface area contributed by atoms with E-state index in [0.717, 1.165) is 0 Å². The molecule has 0 saturated carbocycles. The van der Waals surface area contributed by atoms with Crippen LogP contribution in [0.15, 0.2) is 24.3 Å². The first kappa shape index (κ1) is 13.2. The number of carbonyl (C=O) groups excluding carboxylic acids is 1. The average Bonchev–Trinajstić information content (AvgIpc) is 2.16. The lowest BCUT2D eigenvalue weighted by Crippen LogP contribution is -2.22. The van der Waals surface area contributed by atoms with Crippen LogP contribution in [0.4, 0.5) is 0 Å². The van der Waals surface area contributed by atoms with Gasteiger partial charge in [-0.1, -0.05) is 29.8 Å². The van der Waals surface area contributed by atoms with Crippen molar-refractivity contribution in [3.05, 3.63) is 34.9 Å². The fourth-order valence-corrected chi connectivity index (χ4v) is 1.23. The van der Waals surface area contributed by atoms with Crippen LogP contribution in [-0.4, -0.2) is 13.1 Å². The third-order valence-electron chi connectivity index (χ3n) is 1.70. The molecule has 0 aliphatic carbocycles. The predicted molar refractivity (Wildman–Crippen MR) is 57.6 cm³/mol. The quantitative estimate of drug-likeness (QED) is 0.798. The Bertz CT molecular complexity index is 317. The standard InChI is InChI=1S/C9H10ClNO2.ClH/c1-13-9(12)8(11)6-4-2-3-5-7(6)10;/h2-5,8H,11H2,1H3;1H/t8-;/m1./s1. The smallest absolute Gasteiger partial charge is 0.327 e. The minimum atomic E-state index is -0.807. The zero-order chi connectivity index (χ0) is 9.84. The summed E-state index contributed by atoms with van der Waals surface area (Å²) < 4.78 is 4.50. The van der Waals surface area contributed by atoms with Crippen molar-refractivity contribution in [3.63, 3.8) is 0 Å². The van der Waals surface area contributed by atoms with E-state index in [1.54, 1.807) is 24.3 Å². The van der Waals surface area contributed by atoms with Crippen LogP contribution in [0.5, 0.6) is 0 Å². The molecule has 0 saturated heterocycles. The Balaban J connectivity index is 0.00000169. The van der Waals surface area contributed by atoms with Crippen molar-refractivity contribution in [3.8, 4) is 0 Å². The minimum Gasteiger partial charge on any atom is -0.468 e. The molecule has 1 rings (SSSR count). The largest absolute Gasteiger partial charge is 0.468 e. The number of halogens is 2. The third-order valence-corrected chi connectivity index (χ3v) is 2.04. The molecule has 78 valence electrons. The number of nitrogens with two attached hydrogens (primary N) is 1. The maximum atomic E-state index is 11.1. The highest BCUT2D eigenvalue weighted by Gasteiger charge is 2.17. The van der Waals surface area contributed by atoms with Crippen molar-refractivity contribution >= 4 is 30.0 Å². The van der Waals surface area contributed by atoms with Crippen molar-refractivity contribution in [2.24, 2.45) is 5.73 Å². The highest BCUT2D eigenvalue weighted by molar-refractivity contribution is 6.31. The van der Waals surface area contributed by atoms with E-state index < -0.39 is 12.0 Å². The number of hydrogen-bond acceptors (Lipinski definition) is 3. The molecule has 0 aliphatic rings. The van der Waals surface area contributed by atoms with E-state index in [1.165, 1.54) is 7.11 Å². The fraction of sp³-hybridized carbons (Fsp3) is 0.222. The first-order valence-corrected chi connectivity index (χ1v) is 4.12. The molecule has 1 atom stereocenters. The number of hydrogen-bond donors (Lipinski definition) is 1. The summed E-state index contributed by atoms with van der Waals surface area (Å²) in [6.07, 6.45) is 0. The summed E-state index contributed by atoms with van der Waals surface area (Å²) in [5.41, 5.74) is 6.17. The normalized spacial score (nSPS) is 11.4. The Morgan fingerprint density at radius 3 is 2.57 bits per heavy atom. The lowest BCUT2D eigenvalue weighted by atomic mass is 10.1. The molecule has 1 aromatic rings. The van der Waals surface area contributed by atoms with E-state index in [-0.39, 0.29) is 12.4 Å². The first-order valence-electron chi connectivity index (χ1n) is 3.74. The number of methoxy groups -OCH3 is 1. The Hall–Kier alpha value is -0.770. The van der Waals surface area contributed by atoms with Gasteiger partial charge in [-0.2, -0.15) is 0 Å². The van der Waals surface area contributed by atoms with Crippen LogP contribution >= 0.6 is 24.0 Å². The van der Waals surface area contributed by atoms with Crippen molar-refractivity contribution in [2.75, 3.05) is 7.11 Å². The highest BCUT2D eigenvalue weighted by Crippen LogP contribution is 2.21. The lowest BCUT2D eigenvalue weighted by Gasteiger charge is -2.10. The molecule has 0 radical (unpaired) electrons. The molecule has 2 N–H and O–H groups in total. The van der Waals surface area contributed by atoms with E-state index in [2.05, 4.69) is 4.74 Å². The van der Waals surface area contributed by atoms with E-state index in [9.17, 15) is 4.79 Å². The number of rotatable bonds is 2. The summed E-state index contributed by atoms with van der Waals surface area (Å²) >= 11 is 5.83. The molecular formula is C9H11Cl2NO2. The number of carbonyl (C=O) groups is 1. The summed E-state index contributed by atoms with van der Waals surface area (Å²) in [5.74, 6) is -0.492.